The highest BCUT2D eigenvalue weighted by Crippen LogP contribution is 2.42. The fourth-order valence-corrected chi connectivity index (χ4v) is 9.21. The van der Waals surface area contributed by atoms with Crippen molar-refractivity contribution < 1.29 is 116 Å². The lowest BCUT2D eigenvalue weighted by Gasteiger charge is -2.17. The van der Waals surface area contributed by atoms with Crippen LogP contribution in [0.3, 0.4) is 0 Å². The molecule has 6 aromatic carbocycles. The van der Waals surface area contributed by atoms with Crippen molar-refractivity contribution in [1.82, 2.24) is 0 Å². The van der Waals surface area contributed by atoms with Gasteiger partial charge in [-0.2, -0.15) is 18.6 Å². The van der Waals surface area contributed by atoms with E-state index >= 15 is 0 Å². The SMILES string of the molecule is Cc1ccc(N=Nc2c(O)c(C(=O)OCC(O)C3OC(=O)C(O)=C3O)cc3ccccc23)cc1.Cc1ccc(N=Nc2c(O)c(C(=O)OCC(O)C3OC(=O)C(O)=C3O)cc3ccccc23)cc1S(=O)(=O)OCC(O)C1OC(=O)C(O)=C1O. The van der Waals surface area contributed by atoms with Crippen LogP contribution in [0, 0.1) is 13.8 Å². The van der Waals surface area contributed by atoms with Gasteiger partial charge in [-0.15, -0.1) is 10.2 Å². The molecule has 0 amide bonds. The summed E-state index contributed by atoms with van der Waals surface area (Å²) in [5.41, 5.74) is 0.895. The van der Waals surface area contributed by atoms with E-state index in [2.05, 4.69) is 34.7 Å². The minimum absolute atomic E-state index is 0.0568. The number of aliphatic hydroxyl groups is 9. The molecular weight excluding hydrogens is 1120 g/mol. The Morgan fingerprint density at radius 1 is 0.518 bits per heavy atom. The van der Waals surface area contributed by atoms with E-state index in [1.54, 1.807) is 60.7 Å². The van der Waals surface area contributed by atoms with Gasteiger partial charge in [0.1, 0.15) is 54.0 Å². The number of phenolic OH excluding ortho intramolecular Hbond substituents is 2. The summed E-state index contributed by atoms with van der Waals surface area (Å²) in [5, 5.41) is 128. The van der Waals surface area contributed by atoms with Gasteiger partial charge in [0.2, 0.25) is 17.3 Å². The summed E-state index contributed by atoms with van der Waals surface area (Å²) in [5.74, 6) is -13.2. The number of ether oxygens (including phenoxy) is 5. The van der Waals surface area contributed by atoms with Crippen LogP contribution in [0.4, 0.5) is 22.7 Å². The zero-order valence-corrected chi connectivity index (χ0v) is 43.6. The Morgan fingerprint density at radius 2 is 0.904 bits per heavy atom. The topological polar surface area (TPSA) is 447 Å². The molecule has 0 saturated carbocycles. The number of carbonyl (C=O) groups excluding carboxylic acids is 5. The smallest absolute Gasteiger partial charge is 0.377 e. The molecule has 6 aromatic rings. The number of aromatic hydroxyl groups is 2. The molecule has 0 saturated heterocycles. The number of phenols is 2. The second-order valence-corrected chi connectivity index (χ2v) is 19.8. The van der Waals surface area contributed by atoms with Crippen LogP contribution in [0.5, 0.6) is 11.5 Å². The summed E-state index contributed by atoms with van der Waals surface area (Å²) in [7, 11) is -4.61. The van der Waals surface area contributed by atoms with E-state index in [1.165, 1.54) is 31.2 Å². The van der Waals surface area contributed by atoms with Gasteiger partial charge in [-0.25, -0.2) is 24.0 Å². The molecule has 28 nitrogen and oxygen atoms in total. The van der Waals surface area contributed by atoms with Crippen molar-refractivity contribution in [3.05, 3.63) is 160 Å². The molecule has 0 radical (unpaired) electrons. The lowest BCUT2D eigenvalue weighted by atomic mass is 10.0. The fourth-order valence-electron chi connectivity index (χ4n) is 8.04. The van der Waals surface area contributed by atoms with Crippen molar-refractivity contribution in [1.29, 1.82) is 0 Å². The standard InChI is InChI=1S/C30H26N2O16S.C24H20N2O8/c1-12-6-7-14(9-19(12)49(43,44)46-11-18(34)27-23(37)25(39)30(42)48-27)31-32-20-15-5-3-2-4-13(15)8-16(21(20)35)28(40)45-10-17(33)26-22(36)24(38)29(41)47-26;1-12-6-8-14(9-7-12)25-26-18-15-5-3-2-4-13(15)10-16(19(18)28)23(31)33-11-17(27)22-20(29)21(30)24(32)34-22/h2-9,17-18,26-27,33-39H,10-11H2,1H3;2-10,17,22,27-30H,11H2,1H3. The zero-order chi connectivity index (χ0) is 60.2. The number of aryl methyl sites for hydroxylation is 2. The lowest BCUT2D eigenvalue weighted by molar-refractivity contribution is -0.148. The van der Waals surface area contributed by atoms with Crippen LogP contribution in [0.1, 0.15) is 31.8 Å². The number of nitrogens with zero attached hydrogens (tertiary/aromatic N) is 4. The quantitative estimate of drug-likeness (QED) is 0.0204. The van der Waals surface area contributed by atoms with E-state index in [-0.39, 0.29) is 28.2 Å². The second-order valence-electron chi connectivity index (χ2n) is 18.2. The van der Waals surface area contributed by atoms with Gasteiger partial charge in [0.25, 0.3) is 10.1 Å². The summed E-state index contributed by atoms with van der Waals surface area (Å²) < 4.78 is 54.9. The molecule has 9 rings (SSSR count). The molecule has 3 aliphatic rings. The molecule has 0 aliphatic carbocycles. The molecule has 6 atom stereocenters. The van der Waals surface area contributed by atoms with Crippen molar-refractivity contribution >= 4 is 84.3 Å². The van der Waals surface area contributed by atoms with E-state index in [1.807, 2.05) is 19.1 Å². The third-order valence-corrected chi connectivity index (χ3v) is 13.9. The van der Waals surface area contributed by atoms with Crippen LogP contribution in [-0.4, -0.2) is 151 Å². The molecule has 0 bridgehead atoms. The predicted molar refractivity (Wildman–Crippen MR) is 280 cm³/mol. The highest BCUT2D eigenvalue weighted by Gasteiger charge is 2.42. The van der Waals surface area contributed by atoms with Crippen LogP contribution in [0.25, 0.3) is 21.5 Å². The highest BCUT2D eigenvalue weighted by atomic mass is 32.2. The maximum atomic E-state index is 13.0. The zero-order valence-electron chi connectivity index (χ0n) is 42.8. The minimum Gasteiger partial charge on any atom is -0.505 e. The van der Waals surface area contributed by atoms with Crippen molar-refractivity contribution in [2.24, 2.45) is 20.5 Å². The lowest BCUT2D eigenvalue weighted by Crippen LogP contribution is -2.33. The number of esters is 5. The summed E-state index contributed by atoms with van der Waals surface area (Å²) in [6, 6.07) is 27.0. The molecule has 0 fully saturated rings. The Labute approximate surface area is 466 Å². The molecule has 432 valence electrons. The minimum atomic E-state index is -4.61. The Bertz CT molecular complexity index is 3900. The number of fused-ring (bicyclic) bond motifs is 2. The molecular formula is C54H46N4O24S. The number of cyclic esters (lactones) is 3. The first-order valence-electron chi connectivity index (χ1n) is 24.1. The Kier molecular flexibility index (Phi) is 17.2. The largest absolute Gasteiger partial charge is 0.505 e. The molecule has 29 heteroatoms. The van der Waals surface area contributed by atoms with Gasteiger partial charge >= 0.3 is 29.8 Å². The number of rotatable bonds is 17. The normalized spacial score (nSPS) is 18.3. The molecule has 6 unspecified atom stereocenters. The first-order chi connectivity index (χ1) is 39.4. The van der Waals surface area contributed by atoms with E-state index < -0.39 is 153 Å². The summed E-state index contributed by atoms with van der Waals surface area (Å²) >= 11 is 0. The van der Waals surface area contributed by atoms with E-state index in [4.69, 9.17) is 13.7 Å². The molecule has 11 N–H and O–H groups in total. The highest BCUT2D eigenvalue weighted by molar-refractivity contribution is 7.86. The first-order valence-corrected chi connectivity index (χ1v) is 25.5. The molecule has 3 heterocycles. The second kappa shape index (κ2) is 24.3. The van der Waals surface area contributed by atoms with Crippen molar-refractivity contribution in [3.63, 3.8) is 0 Å². The van der Waals surface area contributed by atoms with E-state index in [0.717, 1.165) is 11.6 Å². The molecule has 0 aromatic heterocycles. The average Bonchev–Trinajstić information content (AvgIpc) is 3.98. The molecule has 0 spiro atoms. The summed E-state index contributed by atoms with van der Waals surface area (Å²) in [4.78, 5) is 59.3. The third-order valence-electron chi connectivity index (χ3n) is 12.5. The Balaban J connectivity index is 0.000000231. The van der Waals surface area contributed by atoms with Gasteiger partial charge in [-0.1, -0.05) is 72.3 Å². The van der Waals surface area contributed by atoms with E-state index in [0.29, 0.717) is 27.2 Å². The fraction of sp³-hybridized carbons (Fsp3) is 0.204. The first kappa shape index (κ1) is 58.9. The molecule has 3 aliphatic heterocycles. The van der Waals surface area contributed by atoms with Gasteiger partial charge in [0.15, 0.2) is 47.1 Å². The van der Waals surface area contributed by atoms with Crippen LogP contribution in [-0.2, 0) is 52.4 Å². The van der Waals surface area contributed by atoms with Gasteiger partial charge in [0, 0.05) is 10.8 Å². The van der Waals surface area contributed by atoms with Gasteiger partial charge in [0.05, 0.1) is 22.9 Å². The van der Waals surface area contributed by atoms with Gasteiger partial charge in [-0.05, 0) is 66.6 Å². The third kappa shape index (κ3) is 12.6. The van der Waals surface area contributed by atoms with Crippen molar-refractivity contribution in [2.75, 3.05) is 19.8 Å². The average molecular weight is 1170 g/mol. The maximum absolute atomic E-state index is 13.0. The number of carbonyl (C=O) groups is 5. The predicted octanol–water partition coefficient (Wildman–Crippen LogP) is 6.40. The number of aliphatic hydroxyl groups excluding tert-OH is 9. The van der Waals surface area contributed by atoms with Crippen molar-refractivity contribution in [2.45, 2.75) is 55.4 Å². The number of hydrogen-bond donors (Lipinski definition) is 11. The number of benzene rings is 6. The van der Waals surface area contributed by atoms with Crippen LogP contribution < -0.4 is 0 Å². The number of hydrogen-bond acceptors (Lipinski definition) is 28. The maximum Gasteiger partial charge on any atom is 0.377 e. The van der Waals surface area contributed by atoms with Crippen LogP contribution >= 0.6 is 0 Å². The van der Waals surface area contributed by atoms with Gasteiger partial charge in [-0.3, -0.25) is 4.18 Å². The number of azo groups is 2. The van der Waals surface area contributed by atoms with Crippen LogP contribution in [0.2, 0.25) is 0 Å². The summed E-state index contributed by atoms with van der Waals surface area (Å²) in [6.07, 6.45) is -10.3. The molecule has 83 heavy (non-hydrogen) atoms. The Morgan fingerprint density at radius 3 is 1.31 bits per heavy atom. The van der Waals surface area contributed by atoms with Crippen LogP contribution in [0.15, 0.2) is 163 Å². The van der Waals surface area contributed by atoms with Crippen molar-refractivity contribution in [3.8, 4) is 11.5 Å². The van der Waals surface area contributed by atoms with E-state index in [9.17, 15) is 88.6 Å². The summed E-state index contributed by atoms with van der Waals surface area (Å²) in [6.45, 7) is 0.864. The monoisotopic (exact) mass is 1170 g/mol. The van der Waals surface area contributed by atoms with Gasteiger partial charge < -0.3 is 79.9 Å². The Hall–Kier alpha value is -10.2.